The molecule has 7 heterocycles. The SMILES string of the molecule is Cc1cc(N)c(F)c(-c2nc3c4c(nc(OC[C@@H]5CC[C@H]6COCCN65)nc4c2F)N2C[C@H]4CC[C@H](N4)[C@H]2[C@H](C)O3)c1C1CC1. The van der Waals surface area contributed by atoms with Crippen molar-refractivity contribution in [2.75, 3.05) is 43.5 Å². The highest BCUT2D eigenvalue weighted by Gasteiger charge is 2.47. The number of aromatic nitrogens is 3. The maximum Gasteiger partial charge on any atom is 0.319 e. The molecule has 1 aliphatic carbocycles. The van der Waals surface area contributed by atoms with Gasteiger partial charge in [0, 0.05) is 42.8 Å². The summed E-state index contributed by atoms with van der Waals surface area (Å²) in [6.45, 7) is 7.33. The molecular weight excluding hydrogens is 580 g/mol. The molecule has 3 N–H and O–H groups in total. The van der Waals surface area contributed by atoms with Crippen molar-refractivity contribution in [2.24, 2.45) is 0 Å². The van der Waals surface area contributed by atoms with Crippen LogP contribution in [0.4, 0.5) is 20.3 Å². The minimum atomic E-state index is -0.713. The van der Waals surface area contributed by atoms with Crippen molar-refractivity contribution >= 4 is 22.4 Å². The zero-order valence-corrected chi connectivity index (χ0v) is 25.7. The van der Waals surface area contributed by atoms with Gasteiger partial charge in [-0.2, -0.15) is 9.97 Å². The van der Waals surface area contributed by atoms with Gasteiger partial charge in [0.2, 0.25) is 5.88 Å². The molecule has 0 radical (unpaired) electrons. The number of nitrogens with two attached hydrogens (primary N) is 1. The lowest BCUT2D eigenvalue weighted by Gasteiger charge is -2.42. The van der Waals surface area contributed by atoms with E-state index in [1.165, 1.54) is 0 Å². The smallest absolute Gasteiger partial charge is 0.319 e. The first-order valence-electron chi connectivity index (χ1n) is 16.5. The Bertz CT molecular complexity index is 1700. The van der Waals surface area contributed by atoms with Gasteiger partial charge in [0.15, 0.2) is 11.6 Å². The Morgan fingerprint density at radius 3 is 2.80 bits per heavy atom. The topological polar surface area (TPSA) is 111 Å². The highest BCUT2D eigenvalue weighted by atomic mass is 19.1. The van der Waals surface area contributed by atoms with Gasteiger partial charge in [-0.25, -0.2) is 13.8 Å². The quantitative estimate of drug-likeness (QED) is 0.406. The highest BCUT2D eigenvalue weighted by molar-refractivity contribution is 5.97. The van der Waals surface area contributed by atoms with Crippen LogP contribution in [0.15, 0.2) is 6.07 Å². The maximum absolute atomic E-state index is 17.0. The van der Waals surface area contributed by atoms with Crippen molar-refractivity contribution < 1.29 is 23.0 Å². The molecule has 2 aromatic heterocycles. The third-order valence-electron chi connectivity index (χ3n) is 11.0. The normalized spacial score (nSPS) is 30.6. The largest absolute Gasteiger partial charge is 0.472 e. The first-order chi connectivity index (χ1) is 21.9. The number of nitrogens with one attached hydrogen (secondary N) is 1. The minimum Gasteiger partial charge on any atom is -0.472 e. The number of piperazine rings is 1. The zero-order chi connectivity index (χ0) is 30.6. The summed E-state index contributed by atoms with van der Waals surface area (Å²) >= 11 is 0. The van der Waals surface area contributed by atoms with E-state index in [9.17, 15) is 0 Å². The Morgan fingerprint density at radius 1 is 1.09 bits per heavy atom. The van der Waals surface area contributed by atoms with Crippen LogP contribution < -0.4 is 25.4 Å². The highest BCUT2D eigenvalue weighted by Crippen LogP contribution is 2.50. The Labute approximate surface area is 260 Å². The molecule has 45 heavy (non-hydrogen) atoms. The van der Waals surface area contributed by atoms with Crippen LogP contribution in [0, 0.1) is 18.6 Å². The average Bonchev–Trinajstić information content (AvgIpc) is 3.70. The average molecular weight is 620 g/mol. The van der Waals surface area contributed by atoms with Gasteiger partial charge in [-0.15, -0.1) is 0 Å². The molecule has 1 aromatic carbocycles. The molecule has 9 rings (SSSR count). The number of halogens is 2. The molecule has 2 bridgehead atoms. The molecule has 4 saturated heterocycles. The fourth-order valence-electron chi connectivity index (χ4n) is 8.78. The molecular formula is C33H39F2N7O3. The van der Waals surface area contributed by atoms with E-state index in [-0.39, 0.29) is 64.5 Å². The summed E-state index contributed by atoms with van der Waals surface area (Å²) in [5.41, 5.74) is 7.70. The van der Waals surface area contributed by atoms with E-state index < -0.39 is 11.6 Å². The summed E-state index contributed by atoms with van der Waals surface area (Å²) in [4.78, 5) is 19.1. The van der Waals surface area contributed by atoms with Crippen molar-refractivity contribution in [2.45, 2.75) is 94.6 Å². The lowest BCUT2D eigenvalue weighted by molar-refractivity contribution is -0.0101. The number of nitrogens with zero attached hydrogens (tertiary/aromatic N) is 5. The molecule has 12 heteroatoms. The van der Waals surface area contributed by atoms with E-state index in [1.807, 2.05) is 13.8 Å². The Balaban J connectivity index is 1.21. The number of pyridine rings is 1. The number of benzene rings is 1. The molecule has 0 spiro atoms. The zero-order valence-electron chi connectivity index (χ0n) is 25.7. The molecule has 6 atom stereocenters. The molecule has 0 unspecified atom stereocenters. The van der Waals surface area contributed by atoms with Gasteiger partial charge in [-0.3, -0.25) is 4.90 Å². The summed E-state index contributed by atoms with van der Waals surface area (Å²) in [7, 11) is 0. The van der Waals surface area contributed by atoms with Crippen LogP contribution in [0.5, 0.6) is 11.9 Å². The number of nitrogen functional groups attached to an aromatic ring is 1. The molecule has 6 aliphatic rings. The van der Waals surface area contributed by atoms with Gasteiger partial charge >= 0.3 is 6.01 Å². The number of ether oxygens (including phenoxy) is 3. The van der Waals surface area contributed by atoms with E-state index >= 15 is 8.78 Å². The van der Waals surface area contributed by atoms with Crippen molar-refractivity contribution in [3.63, 3.8) is 0 Å². The minimum absolute atomic E-state index is 0.0297. The van der Waals surface area contributed by atoms with Gasteiger partial charge in [-0.05, 0) is 75.5 Å². The fraction of sp³-hybridized carbons (Fsp3) is 0.606. The van der Waals surface area contributed by atoms with E-state index in [0.717, 1.165) is 62.8 Å². The second kappa shape index (κ2) is 10.3. The third-order valence-corrected chi connectivity index (χ3v) is 11.0. The Kier molecular flexibility index (Phi) is 6.41. The van der Waals surface area contributed by atoms with Crippen LogP contribution in [-0.2, 0) is 4.74 Å². The lowest BCUT2D eigenvalue weighted by Crippen LogP contribution is -2.62. The van der Waals surface area contributed by atoms with E-state index in [2.05, 4.69) is 20.1 Å². The van der Waals surface area contributed by atoms with Crippen LogP contribution >= 0.6 is 0 Å². The fourth-order valence-corrected chi connectivity index (χ4v) is 8.78. The summed E-state index contributed by atoms with van der Waals surface area (Å²) in [5, 5.41) is 4.14. The Hall–Kier alpha value is -3.35. The van der Waals surface area contributed by atoms with E-state index in [0.29, 0.717) is 43.0 Å². The molecule has 5 fully saturated rings. The number of morpholine rings is 1. The second-order valence-electron chi connectivity index (χ2n) is 13.8. The predicted molar refractivity (Wildman–Crippen MR) is 165 cm³/mol. The number of rotatable bonds is 5. The first-order valence-corrected chi connectivity index (χ1v) is 16.5. The number of anilines is 2. The van der Waals surface area contributed by atoms with Crippen molar-refractivity contribution in [1.29, 1.82) is 0 Å². The van der Waals surface area contributed by atoms with Crippen LogP contribution in [0.1, 0.15) is 62.5 Å². The van der Waals surface area contributed by atoms with Gasteiger partial charge in [0.05, 0.1) is 24.9 Å². The van der Waals surface area contributed by atoms with Gasteiger partial charge in [0.1, 0.15) is 35.1 Å². The lowest BCUT2D eigenvalue weighted by atomic mass is 9.93. The molecule has 10 nitrogen and oxygen atoms in total. The van der Waals surface area contributed by atoms with Crippen molar-refractivity contribution in [3.8, 4) is 23.1 Å². The second-order valence-corrected chi connectivity index (χ2v) is 13.8. The molecule has 3 aromatic rings. The number of aryl methyl sites for hydroxylation is 1. The Morgan fingerprint density at radius 2 is 1.96 bits per heavy atom. The van der Waals surface area contributed by atoms with Gasteiger partial charge < -0.3 is 30.2 Å². The molecule has 0 amide bonds. The van der Waals surface area contributed by atoms with Gasteiger partial charge in [-0.1, -0.05) is 0 Å². The summed E-state index contributed by atoms with van der Waals surface area (Å²) < 4.78 is 51.6. The number of hydrogen-bond donors (Lipinski definition) is 2. The van der Waals surface area contributed by atoms with Crippen LogP contribution in [-0.4, -0.2) is 89.1 Å². The monoisotopic (exact) mass is 619 g/mol. The van der Waals surface area contributed by atoms with Crippen LogP contribution in [0.25, 0.3) is 22.2 Å². The van der Waals surface area contributed by atoms with E-state index in [4.69, 9.17) is 29.9 Å². The standard InChI is InChI=1S/C33H39F2N7O3/c1-15-11-21(36)26(34)24(23(15)17-3-4-17)28-27(35)29-25-31(40-33(39-29)44-14-20-7-6-19-13-43-10-9-41(19)20)42-12-18-5-8-22(37-18)30(42)16(2)45-32(25)38-28/h11,16-20,22,30,37H,3-10,12-14,36H2,1-2H3/t16-,18+,19-,20-,22-,30+/m0/s1. The predicted octanol–water partition coefficient (Wildman–Crippen LogP) is 4.07. The molecule has 238 valence electrons. The summed E-state index contributed by atoms with van der Waals surface area (Å²) in [5.74, 6) is -0.452. The number of hydrogen-bond acceptors (Lipinski definition) is 10. The molecule has 5 aliphatic heterocycles. The molecule has 1 saturated carbocycles. The van der Waals surface area contributed by atoms with Crippen molar-refractivity contribution in [1.82, 2.24) is 25.2 Å². The van der Waals surface area contributed by atoms with Crippen LogP contribution in [0.2, 0.25) is 0 Å². The van der Waals surface area contributed by atoms with Crippen molar-refractivity contribution in [3.05, 3.63) is 28.8 Å². The third kappa shape index (κ3) is 4.39. The van der Waals surface area contributed by atoms with E-state index in [1.54, 1.807) is 6.07 Å². The van der Waals surface area contributed by atoms with Crippen LogP contribution in [0.3, 0.4) is 0 Å². The summed E-state index contributed by atoms with van der Waals surface area (Å²) in [6.07, 6.45) is 5.65. The summed E-state index contributed by atoms with van der Waals surface area (Å²) in [6, 6.07) is 2.80. The number of fused-ring (bicyclic) bond motifs is 6. The first kappa shape index (κ1) is 27.9. The van der Waals surface area contributed by atoms with Gasteiger partial charge in [0.25, 0.3) is 0 Å². The maximum atomic E-state index is 17.0.